The highest BCUT2D eigenvalue weighted by molar-refractivity contribution is 6.18. The third-order valence-electron chi connectivity index (χ3n) is 2.62. The van der Waals surface area contributed by atoms with Gasteiger partial charge < -0.3 is 4.90 Å². The van der Waals surface area contributed by atoms with Crippen LogP contribution in [0.15, 0.2) is 0 Å². The van der Waals surface area contributed by atoms with E-state index < -0.39 is 0 Å². The molecule has 0 saturated heterocycles. The molecule has 0 aromatic rings. The van der Waals surface area contributed by atoms with Crippen LogP contribution in [0.25, 0.3) is 0 Å². The first-order valence-electron chi connectivity index (χ1n) is 5.03. The van der Waals surface area contributed by atoms with Crippen molar-refractivity contribution in [2.24, 2.45) is 5.92 Å². The van der Waals surface area contributed by atoms with E-state index in [1.165, 1.54) is 6.42 Å². The molecule has 0 atom stereocenters. The maximum Gasteiger partial charge on any atom is 0.225 e. The standard InChI is InChI=1S/C10H18ClNO/c1-8(2)10(13)12(7-6-11)9-4-3-5-9/h8-9H,3-7H2,1-2H3. The Balaban J connectivity index is 2.50. The first kappa shape index (κ1) is 10.8. The minimum absolute atomic E-state index is 0.101. The predicted octanol–water partition coefficient (Wildman–Crippen LogP) is 2.26. The summed E-state index contributed by atoms with van der Waals surface area (Å²) < 4.78 is 0. The lowest BCUT2D eigenvalue weighted by molar-refractivity contribution is -0.138. The van der Waals surface area contributed by atoms with Crippen LogP contribution in [0.2, 0.25) is 0 Å². The normalized spacial score (nSPS) is 17.2. The van der Waals surface area contributed by atoms with E-state index in [1.54, 1.807) is 0 Å². The van der Waals surface area contributed by atoms with E-state index in [1.807, 2.05) is 18.7 Å². The minimum Gasteiger partial charge on any atom is -0.338 e. The van der Waals surface area contributed by atoms with Gasteiger partial charge >= 0.3 is 0 Å². The largest absolute Gasteiger partial charge is 0.338 e. The van der Waals surface area contributed by atoms with Crippen LogP contribution < -0.4 is 0 Å². The molecule has 1 aliphatic carbocycles. The Morgan fingerprint density at radius 3 is 2.46 bits per heavy atom. The third-order valence-corrected chi connectivity index (χ3v) is 2.79. The van der Waals surface area contributed by atoms with E-state index in [4.69, 9.17) is 11.6 Å². The van der Waals surface area contributed by atoms with Gasteiger partial charge in [-0.05, 0) is 19.3 Å². The van der Waals surface area contributed by atoms with Crippen molar-refractivity contribution in [2.45, 2.75) is 39.2 Å². The van der Waals surface area contributed by atoms with Gasteiger partial charge in [0.15, 0.2) is 0 Å². The molecule has 0 bridgehead atoms. The number of carbonyl (C=O) groups excluding carboxylic acids is 1. The molecular formula is C10H18ClNO. The number of hydrogen-bond acceptors (Lipinski definition) is 1. The summed E-state index contributed by atoms with van der Waals surface area (Å²) in [6.07, 6.45) is 3.58. The van der Waals surface area contributed by atoms with Gasteiger partial charge in [-0.3, -0.25) is 4.79 Å². The van der Waals surface area contributed by atoms with Crippen LogP contribution in [0.4, 0.5) is 0 Å². The minimum atomic E-state index is 0.101. The molecule has 0 spiro atoms. The number of rotatable bonds is 4. The molecule has 76 valence electrons. The van der Waals surface area contributed by atoms with Crippen LogP contribution in [0.3, 0.4) is 0 Å². The molecule has 0 aromatic carbocycles. The maximum absolute atomic E-state index is 11.7. The van der Waals surface area contributed by atoms with Crippen LogP contribution in [0.5, 0.6) is 0 Å². The molecule has 0 N–H and O–H groups in total. The van der Waals surface area contributed by atoms with E-state index >= 15 is 0 Å². The Labute approximate surface area is 85.2 Å². The molecule has 0 unspecified atom stereocenters. The lowest BCUT2D eigenvalue weighted by atomic mass is 9.90. The quantitative estimate of drug-likeness (QED) is 0.642. The Hall–Kier alpha value is -0.240. The number of nitrogens with zero attached hydrogens (tertiary/aromatic N) is 1. The molecule has 1 rings (SSSR count). The number of carbonyl (C=O) groups is 1. The van der Waals surface area contributed by atoms with E-state index in [2.05, 4.69) is 0 Å². The van der Waals surface area contributed by atoms with E-state index in [9.17, 15) is 4.79 Å². The average Bonchev–Trinajstić information content (AvgIpc) is 1.99. The van der Waals surface area contributed by atoms with Crippen molar-refractivity contribution in [1.29, 1.82) is 0 Å². The summed E-state index contributed by atoms with van der Waals surface area (Å²) in [6.45, 7) is 4.60. The molecule has 1 saturated carbocycles. The number of halogens is 1. The van der Waals surface area contributed by atoms with Crippen LogP contribution in [0.1, 0.15) is 33.1 Å². The zero-order valence-electron chi connectivity index (χ0n) is 8.42. The molecule has 1 aliphatic rings. The molecule has 13 heavy (non-hydrogen) atoms. The van der Waals surface area contributed by atoms with Crippen molar-refractivity contribution in [2.75, 3.05) is 12.4 Å². The highest BCUT2D eigenvalue weighted by Crippen LogP contribution is 2.25. The Bertz CT molecular complexity index is 178. The Kier molecular flexibility index (Phi) is 4.04. The summed E-state index contributed by atoms with van der Waals surface area (Å²) in [5, 5.41) is 0. The molecule has 0 radical (unpaired) electrons. The highest BCUT2D eigenvalue weighted by Gasteiger charge is 2.29. The second-order valence-corrected chi connectivity index (χ2v) is 4.34. The van der Waals surface area contributed by atoms with Gasteiger partial charge in [-0.15, -0.1) is 11.6 Å². The zero-order chi connectivity index (χ0) is 9.84. The Morgan fingerprint density at radius 1 is 1.54 bits per heavy atom. The summed E-state index contributed by atoms with van der Waals surface area (Å²) in [7, 11) is 0. The summed E-state index contributed by atoms with van der Waals surface area (Å²) in [6, 6.07) is 0.480. The van der Waals surface area contributed by atoms with Gasteiger partial charge in [-0.25, -0.2) is 0 Å². The summed E-state index contributed by atoms with van der Waals surface area (Å²) >= 11 is 5.68. The number of alkyl halides is 1. The fraction of sp³-hybridized carbons (Fsp3) is 0.900. The van der Waals surface area contributed by atoms with Gasteiger partial charge in [0.1, 0.15) is 0 Å². The lowest BCUT2D eigenvalue weighted by Gasteiger charge is -2.38. The fourth-order valence-corrected chi connectivity index (χ4v) is 1.78. The summed E-state index contributed by atoms with van der Waals surface area (Å²) in [5.41, 5.74) is 0. The molecule has 1 amide bonds. The second kappa shape index (κ2) is 4.85. The van der Waals surface area contributed by atoms with Crippen molar-refractivity contribution in [3.05, 3.63) is 0 Å². The van der Waals surface area contributed by atoms with Crippen molar-refractivity contribution in [3.8, 4) is 0 Å². The van der Waals surface area contributed by atoms with Crippen LogP contribution in [-0.2, 0) is 4.79 Å². The fourth-order valence-electron chi connectivity index (χ4n) is 1.59. The second-order valence-electron chi connectivity index (χ2n) is 3.96. The van der Waals surface area contributed by atoms with Gasteiger partial charge in [-0.1, -0.05) is 13.8 Å². The highest BCUT2D eigenvalue weighted by atomic mass is 35.5. The molecule has 2 nitrogen and oxygen atoms in total. The van der Waals surface area contributed by atoms with Crippen molar-refractivity contribution in [3.63, 3.8) is 0 Å². The molecular weight excluding hydrogens is 186 g/mol. The van der Waals surface area contributed by atoms with Gasteiger partial charge in [0.05, 0.1) is 0 Å². The lowest BCUT2D eigenvalue weighted by Crippen LogP contribution is -2.46. The van der Waals surface area contributed by atoms with Crippen molar-refractivity contribution >= 4 is 17.5 Å². The molecule has 0 aromatic heterocycles. The van der Waals surface area contributed by atoms with E-state index in [-0.39, 0.29) is 11.8 Å². The van der Waals surface area contributed by atoms with Crippen molar-refractivity contribution < 1.29 is 4.79 Å². The maximum atomic E-state index is 11.7. The SMILES string of the molecule is CC(C)C(=O)N(CCCl)C1CCC1. The first-order chi connectivity index (χ1) is 6.16. The van der Waals surface area contributed by atoms with Crippen LogP contribution >= 0.6 is 11.6 Å². The first-order valence-corrected chi connectivity index (χ1v) is 5.56. The number of amides is 1. The van der Waals surface area contributed by atoms with E-state index in [0.29, 0.717) is 18.5 Å². The molecule has 1 fully saturated rings. The monoisotopic (exact) mass is 203 g/mol. The summed E-state index contributed by atoms with van der Waals surface area (Å²) in [4.78, 5) is 13.7. The summed E-state index contributed by atoms with van der Waals surface area (Å²) in [5.74, 6) is 0.906. The van der Waals surface area contributed by atoms with Gasteiger partial charge in [-0.2, -0.15) is 0 Å². The molecule has 3 heteroatoms. The van der Waals surface area contributed by atoms with Crippen LogP contribution in [-0.4, -0.2) is 29.3 Å². The third kappa shape index (κ3) is 2.60. The average molecular weight is 204 g/mol. The van der Waals surface area contributed by atoms with Gasteiger partial charge in [0.2, 0.25) is 5.91 Å². The van der Waals surface area contributed by atoms with Gasteiger partial charge in [0, 0.05) is 24.4 Å². The van der Waals surface area contributed by atoms with E-state index in [0.717, 1.165) is 12.8 Å². The predicted molar refractivity (Wildman–Crippen MR) is 54.9 cm³/mol. The number of hydrogen-bond donors (Lipinski definition) is 0. The smallest absolute Gasteiger partial charge is 0.225 e. The van der Waals surface area contributed by atoms with Gasteiger partial charge in [0.25, 0.3) is 0 Å². The van der Waals surface area contributed by atoms with Crippen molar-refractivity contribution in [1.82, 2.24) is 4.90 Å². The van der Waals surface area contributed by atoms with Crippen LogP contribution in [0, 0.1) is 5.92 Å². The molecule has 0 aliphatic heterocycles. The zero-order valence-corrected chi connectivity index (χ0v) is 9.18. The Morgan fingerprint density at radius 2 is 2.15 bits per heavy atom. The topological polar surface area (TPSA) is 20.3 Å². The molecule has 0 heterocycles.